The van der Waals surface area contributed by atoms with E-state index in [1.807, 2.05) is 38.9 Å². The van der Waals surface area contributed by atoms with Gasteiger partial charge in [-0.1, -0.05) is 12.1 Å². The van der Waals surface area contributed by atoms with E-state index in [1.165, 1.54) is 17.0 Å². The topological polar surface area (TPSA) is 88.8 Å². The summed E-state index contributed by atoms with van der Waals surface area (Å²) >= 11 is 0. The standard InChI is InChI=1S/C26H34FN5O3/c1-17-14-18(2)28-22(17)23(33)31-10-8-20(9-11-31)26(16-19-6-5-7-21(27)15-19)24(34)32(25(35)29-26)13-12-30(3)4/h5-7,14-15,20,28H,8-13,16H2,1-4H3,(H,29,35)/t26-/m0/s1. The van der Waals surface area contributed by atoms with Crippen molar-refractivity contribution in [2.75, 3.05) is 40.3 Å². The molecular weight excluding hydrogens is 449 g/mol. The summed E-state index contributed by atoms with van der Waals surface area (Å²) in [5.74, 6) is -0.880. The van der Waals surface area contributed by atoms with E-state index in [9.17, 15) is 18.8 Å². The van der Waals surface area contributed by atoms with Gasteiger partial charge in [0.2, 0.25) is 0 Å². The van der Waals surface area contributed by atoms with Crippen LogP contribution in [0.4, 0.5) is 9.18 Å². The molecule has 2 saturated heterocycles. The third-order valence-corrected chi connectivity index (χ3v) is 7.19. The average Bonchev–Trinajstić information content (AvgIpc) is 3.27. The van der Waals surface area contributed by atoms with E-state index in [4.69, 9.17) is 0 Å². The summed E-state index contributed by atoms with van der Waals surface area (Å²) in [6, 6.07) is 7.71. The van der Waals surface area contributed by atoms with E-state index >= 15 is 0 Å². The number of amides is 4. The van der Waals surface area contributed by atoms with E-state index in [2.05, 4.69) is 10.3 Å². The predicted molar refractivity (Wildman–Crippen MR) is 131 cm³/mol. The molecule has 1 atom stereocenters. The quantitative estimate of drug-likeness (QED) is 0.593. The third-order valence-electron chi connectivity index (χ3n) is 7.19. The van der Waals surface area contributed by atoms with Gasteiger partial charge in [-0.2, -0.15) is 0 Å². The summed E-state index contributed by atoms with van der Waals surface area (Å²) < 4.78 is 14.0. The van der Waals surface area contributed by atoms with Gasteiger partial charge in [0.25, 0.3) is 11.8 Å². The molecule has 0 aliphatic carbocycles. The summed E-state index contributed by atoms with van der Waals surface area (Å²) in [5.41, 5.74) is 1.93. The van der Waals surface area contributed by atoms with Crippen molar-refractivity contribution in [3.8, 4) is 0 Å². The summed E-state index contributed by atoms with van der Waals surface area (Å²) in [7, 11) is 3.77. The van der Waals surface area contributed by atoms with Crippen LogP contribution in [0, 0.1) is 25.6 Å². The van der Waals surface area contributed by atoms with Crippen molar-refractivity contribution in [3.63, 3.8) is 0 Å². The van der Waals surface area contributed by atoms with Gasteiger partial charge in [-0.25, -0.2) is 9.18 Å². The smallest absolute Gasteiger partial charge is 0.325 e. The molecule has 188 valence electrons. The van der Waals surface area contributed by atoms with Crippen LogP contribution in [0.25, 0.3) is 0 Å². The number of benzene rings is 1. The normalized spacial score (nSPS) is 21.2. The minimum atomic E-state index is -1.16. The number of likely N-dealkylation sites (tertiary alicyclic amines) is 1. The van der Waals surface area contributed by atoms with Crippen molar-refractivity contribution in [2.24, 2.45) is 5.92 Å². The lowest BCUT2D eigenvalue weighted by atomic mass is 9.74. The van der Waals surface area contributed by atoms with Crippen molar-refractivity contribution < 1.29 is 18.8 Å². The van der Waals surface area contributed by atoms with Gasteiger partial charge in [0.05, 0.1) is 0 Å². The molecule has 35 heavy (non-hydrogen) atoms. The van der Waals surface area contributed by atoms with Gasteiger partial charge < -0.3 is 20.1 Å². The summed E-state index contributed by atoms with van der Waals surface area (Å²) in [4.78, 5) is 47.9. The fraction of sp³-hybridized carbons (Fsp3) is 0.500. The number of H-pyrrole nitrogens is 1. The second-order valence-corrected chi connectivity index (χ2v) is 10.0. The van der Waals surface area contributed by atoms with Gasteiger partial charge in [-0.3, -0.25) is 14.5 Å². The number of aromatic amines is 1. The summed E-state index contributed by atoms with van der Waals surface area (Å²) in [6.07, 6.45) is 1.34. The summed E-state index contributed by atoms with van der Waals surface area (Å²) in [5, 5.41) is 3.00. The van der Waals surface area contributed by atoms with Gasteiger partial charge in [0, 0.05) is 38.3 Å². The van der Waals surface area contributed by atoms with Gasteiger partial charge in [0.1, 0.15) is 17.1 Å². The van der Waals surface area contributed by atoms with Crippen LogP contribution in [0.15, 0.2) is 30.3 Å². The first-order chi connectivity index (χ1) is 16.6. The fourth-order valence-electron chi connectivity index (χ4n) is 5.34. The highest BCUT2D eigenvalue weighted by atomic mass is 19.1. The molecule has 0 spiro atoms. The van der Waals surface area contributed by atoms with Crippen LogP contribution in [0.2, 0.25) is 0 Å². The van der Waals surface area contributed by atoms with Crippen LogP contribution in [0.3, 0.4) is 0 Å². The molecule has 0 saturated carbocycles. The molecule has 2 aliphatic rings. The van der Waals surface area contributed by atoms with Gasteiger partial charge in [0.15, 0.2) is 0 Å². The first kappa shape index (κ1) is 24.9. The number of rotatable bonds is 7. The highest BCUT2D eigenvalue weighted by molar-refractivity contribution is 6.07. The molecular formula is C26H34FN5O3. The molecule has 0 radical (unpaired) electrons. The zero-order valence-corrected chi connectivity index (χ0v) is 20.9. The van der Waals surface area contributed by atoms with Crippen molar-refractivity contribution in [2.45, 2.75) is 38.6 Å². The zero-order valence-electron chi connectivity index (χ0n) is 20.9. The number of carbonyl (C=O) groups is 3. The van der Waals surface area contributed by atoms with Crippen LogP contribution in [-0.4, -0.2) is 83.3 Å². The Morgan fingerprint density at radius 3 is 2.49 bits per heavy atom. The third kappa shape index (κ3) is 4.96. The van der Waals surface area contributed by atoms with Crippen molar-refractivity contribution >= 4 is 17.8 Å². The number of imide groups is 1. The molecule has 2 N–H and O–H groups in total. The highest BCUT2D eigenvalue weighted by Gasteiger charge is 2.56. The number of aryl methyl sites for hydroxylation is 2. The molecule has 3 heterocycles. The lowest BCUT2D eigenvalue weighted by molar-refractivity contribution is -0.134. The predicted octanol–water partition coefficient (Wildman–Crippen LogP) is 2.72. The number of urea groups is 1. The van der Waals surface area contributed by atoms with Crippen LogP contribution in [0.5, 0.6) is 0 Å². The SMILES string of the molecule is Cc1cc(C)c(C(=O)N2CCC([C@]3(Cc4cccc(F)c4)NC(=O)N(CCN(C)C)C3=O)CC2)[nH]1. The lowest BCUT2D eigenvalue weighted by Crippen LogP contribution is -2.58. The molecule has 1 aromatic heterocycles. The zero-order chi connectivity index (χ0) is 25.3. The maximum atomic E-state index is 14.0. The molecule has 9 heteroatoms. The number of nitrogens with zero attached hydrogens (tertiary/aromatic N) is 3. The van der Waals surface area contributed by atoms with Crippen LogP contribution >= 0.6 is 0 Å². The Bertz CT molecular complexity index is 1120. The second-order valence-electron chi connectivity index (χ2n) is 10.0. The number of likely N-dealkylation sites (N-methyl/N-ethyl adjacent to an activating group) is 1. The largest absolute Gasteiger partial charge is 0.354 e. The fourth-order valence-corrected chi connectivity index (χ4v) is 5.34. The van der Waals surface area contributed by atoms with Crippen LogP contribution < -0.4 is 5.32 Å². The second kappa shape index (κ2) is 9.81. The highest BCUT2D eigenvalue weighted by Crippen LogP contribution is 2.37. The Balaban J connectivity index is 1.57. The lowest BCUT2D eigenvalue weighted by Gasteiger charge is -2.41. The minimum Gasteiger partial charge on any atom is -0.354 e. The van der Waals surface area contributed by atoms with E-state index in [1.54, 1.807) is 17.0 Å². The molecule has 1 aromatic carbocycles. The number of hydrogen-bond acceptors (Lipinski definition) is 4. The molecule has 2 aliphatic heterocycles. The van der Waals surface area contributed by atoms with Crippen LogP contribution in [0.1, 0.15) is 40.2 Å². The average molecular weight is 484 g/mol. The monoisotopic (exact) mass is 483 g/mol. The van der Waals surface area contributed by atoms with Gasteiger partial charge >= 0.3 is 6.03 Å². The first-order valence-electron chi connectivity index (χ1n) is 12.1. The number of nitrogens with one attached hydrogen (secondary N) is 2. The van der Waals surface area contributed by atoms with Gasteiger partial charge in [-0.15, -0.1) is 0 Å². The Morgan fingerprint density at radius 2 is 1.89 bits per heavy atom. The van der Waals surface area contributed by atoms with Crippen molar-refractivity contribution in [3.05, 3.63) is 58.7 Å². The number of hydrogen-bond donors (Lipinski definition) is 2. The van der Waals surface area contributed by atoms with E-state index in [-0.39, 0.29) is 36.5 Å². The Kier molecular flexibility index (Phi) is 6.98. The number of carbonyl (C=O) groups excluding carboxylic acids is 3. The van der Waals surface area contributed by atoms with Gasteiger partial charge in [-0.05, 0) is 76.0 Å². The molecule has 0 unspecified atom stereocenters. The van der Waals surface area contributed by atoms with Crippen molar-refractivity contribution in [1.29, 1.82) is 0 Å². The number of aromatic nitrogens is 1. The van der Waals surface area contributed by atoms with E-state index < -0.39 is 11.6 Å². The maximum absolute atomic E-state index is 14.0. The molecule has 0 bridgehead atoms. The first-order valence-corrected chi connectivity index (χ1v) is 12.1. The summed E-state index contributed by atoms with van der Waals surface area (Å²) in [6.45, 7) is 5.62. The molecule has 2 fully saturated rings. The molecule has 4 rings (SSSR count). The van der Waals surface area contributed by atoms with Crippen molar-refractivity contribution in [1.82, 2.24) is 25.0 Å². The molecule has 4 amide bonds. The Morgan fingerprint density at radius 1 is 1.17 bits per heavy atom. The van der Waals surface area contributed by atoms with E-state index in [0.717, 1.165) is 11.3 Å². The van der Waals surface area contributed by atoms with Crippen LogP contribution in [-0.2, 0) is 11.2 Å². The maximum Gasteiger partial charge on any atom is 0.325 e. The molecule has 8 nitrogen and oxygen atoms in total. The number of halogens is 1. The van der Waals surface area contributed by atoms with E-state index in [0.29, 0.717) is 43.7 Å². The Labute approximate surface area is 205 Å². The molecule has 2 aromatic rings. The number of piperidine rings is 1. The minimum absolute atomic E-state index is 0.0531. The Hall–Kier alpha value is -3.20.